The highest BCUT2D eigenvalue weighted by Gasteiger charge is 2.42. The minimum absolute atomic E-state index is 0.0921. The number of carboxylic acids is 1. The second-order valence-corrected chi connectivity index (χ2v) is 8.46. The third-order valence-electron chi connectivity index (χ3n) is 4.81. The predicted molar refractivity (Wildman–Crippen MR) is 84.6 cm³/mol. The van der Waals surface area contributed by atoms with Crippen molar-refractivity contribution in [1.29, 1.82) is 0 Å². The average molecular weight is 314 g/mol. The molecule has 0 bridgehead atoms. The van der Waals surface area contributed by atoms with Gasteiger partial charge in [0, 0.05) is 11.3 Å². The molecule has 1 aliphatic carbocycles. The van der Waals surface area contributed by atoms with Crippen molar-refractivity contribution in [2.75, 3.05) is 12.3 Å². The Kier molecular flexibility index (Phi) is 5.07. The van der Waals surface area contributed by atoms with Crippen molar-refractivity contribution >= 4 is 23.8 Å². The molecule has 1 saturated carbocycles. The van der Waals surface area contributed by atoms with Crippen LogP contribution in [0.2, 0.25) is 0 Å². The maximum atomic E-state index is 12.1. The quantitative estimate of drug-likeness (QED) is 0.745. The van der Waals surface area contributed by atoms with Crippen LogP contribution < -0.4 is 10.6 Å². The SMILES string of the molecule is CC1CCC(NC(=O)NCC2(C)CCCS2)(C(=O)O)CC1. The summed E-state index contributed by atoms with van der Waals surface area (Å²) >= 11 is 1.88. The number of amides is 2. The third-order valence-corrected chi connectivity index (χ3v) is 6.35. The predicted octanol–water partition coefficient (Wildman–Crippen LogP) is 2.60. The lowest BCUT2D eigenvalue weighted by molar-refractivity contribution is -0.146. The van der Waals surface area contributed by atoms with Gasteiger partial charge in [0.2, 0.25) is 0 Å². The fourth-order valence-corrected chi connectivity index (χ4v) is 4.40. The lowest BCUT2D eigenvalue weighted by Crippen LogP contribution is -2.59. The summed E-state index contributed by atoms with van der Waals surface area (Å²) in [6.07, 6.45) is 5.01. The van der Waals surface area contributed by atoms with Gasteiger partial charge in [-0.15, -0.1) is 0 Å². The number of carbonyl (C=O) groups is 2. The highest BCUT2D eigenvalue weighted by Crippen LogP contribution is 2.37. The summed E-state index contributed by atoms with van der Waals surface area (Å²) < 4.78 is 0.0921. The van der Waals surface area contributed by atoms with E-state index in [0.717, 1.165) is 25.0 Å². The zero-order valence-electron chi connectivity index (χ0n) is 12.9. The lowest BCUT2D eigenvalue weighted by atomic mass is 9.77. The molecule has 21 heavy (non-hydrogen) atoms. The number of hydrogen-bond donors (Lipinski definition) is 3. The Hall–Kier alpha value is -0.910. The van der Waals surface area contributed by atoms with E-state index in [1.807, 2.05) is 11.8 Å². The molecular formula is C15H26N2O3S. The first kappa shape index (κ1) is 16.5. The molecule has 6 heteroatoms. The molecule has 5 nitrogen and oxygen atoms in total. The van der Waals surface area contributed by atoms with E-state index in [4.69, 9.17) is 0 Å². The maximum Gasteiger partial charge on any atom is 0.329 e. The van der Waals surface area contributed by atoms with Crippen molar-refractivity contribution < 1.29 is 14.7 Å². The van der Waals surface area contributed by atoms with E-state index in [2.05, 4.69) is 24.5 Å². The summed E-state index contributed by atoms with van der Waals surface area (Å²) in [6.45, 7) is 4.87. The van der Waals surface area contributed by atoms with Crippen LogP contribution in [0.3, 0.4) is 0 Å². The molecule has 2 amide bonds. The van der Waals surface area contributed by atoms with Crippen LogP contribution in [0.5, 0.6) is 0 Å². The summed E-state index contributed by atoms with van der Waals surface area (Å²) in [5.41, 5.74) is -1.08. The minimum atomic E-state index is -1.08. The van der Waals surface area contributed by atoms with Gasteiger partial charge in [0.1, 0.15) is 5.54 Å². The topological polar surface area (TPSA) is 78.4 Å². The fraction of sp³-hybridized carbons (Fsp3) is 0.867. The molecule has 120 valence electrons. The zero-order valence-corrected chi connectivity index (χ0v) is 13.7. The Balaban J connectivity index is 1.88. The molecule has 1 saturated heterocycles. The monoisotopic (exact) mass is 314 g/mol. The highest BCUT2D eigenvalue weighted by molar-refractivity contribution is 8.00. The molecule has 1 unspecified atom stereocenters. The summed E-state index contributed by atoms with van der Waals surface area (Å²) in [5, 5.41) is 15.1. The molecule has 2 fully saturated rings. The van der Waals surface area contributed by atoms with Gasteiger partial charge in [-0.2, -0.15) is 11.8 Å². The number of carboxylic acid groups (broad SMARTS) is 1. The second-order valence-electron chi connectivity index (χ2n) is 6.78. The van der Waals surface area contributed by atoms with Crippen molar-refractivity contribution in [3.8, 4) is 0 Å². The largest absolute Gasteiger partial charge is 0.480 e. The molecule has 3 N–H and O–H groups in total. The molecule has 0 aromatic heterocycles. The first-order valence-electron chi connectivity index (χ1n) is 7.79. The van der Waals surface area contributed by atoms with Gasteiger partial charge in [-0.05, 0) is 57.1 Å². The van der Waals surface area contributed by atoms with Gasteiger partial charge >= 0.3 is 12.0 Å². The number of carbonyl (C=O) groups excluding carboxylic acids is 1. The van der Waals surface area contributed by atoms with Crippen LogP contribution in [0.15, 0.2) is 0 Å². The van der Waals surface area contributed by atoms with Crippen molar-refractivity contribution in [2.45, 2.75) is 62.7 Å². The van der Waals surface area contributed by atoms with Gasteiger partial charge in [-0.3, -0.25) is 0 Å². The van der Waals surface area contributed by atoms with Crippen LogP contribution in [0, 0.1) is 5.92 Å². The van der Waals surface area contributed by atoms with Crippen molar-refractivity contribution in [2.24, 2.45) is 5.92 Å². The number of rotatable bonds is 4. The van der Waals surface area contributed by atoms with Crippen LogP contribution in [-0.2, 0) is 4.79 Å². The van der Waals surface area contributed by atoms with E-state index in [1.165, 1.54) is 6.42 Å². The smallest absolute Gasteiger partial charge is 0.329 e. The van der Waals surface area contributed by atoms with Crippen molar-refractivity contribution in [3.05, 3.63) is 0 Å². The van der Waals surface area contributed by atoms with Gasteiger partial charge in [0.05, 0.1) is 0 Å². The Labute approximate surface area is 130 Å². The van der Waals surface area contributed by atoms with Crippen LogP contribution in [-0.4, -0.2) is 39.7 Å². The van der Waals surface area contributed by atoms with Crippen molar-refractivity contribution in [3.63, 3.8) is 0 Å². The number of aliphatic carboxylic acids is 1. The first-order chi connectivity index (χ1) is 9.85. The summed E-state index contributed by atoms with van der Waals surface area (Å²) in [7, 11) is 0. The van der Waals surface area contributed by atoms with Gasteiger partial charge in [0.25, 0.3) is 0 Å². The molecule has 0 radical (unpaired) electrons. The molecule has 0 aromatic rings. The fourth-order valence-electron chi connectivity index (χ4n) is 3.15. The lowest BCUT2D eigenvalue weighted by Gasteiger charge is -2.36. The Morgan fingerprint density at radius 3 is 2.48 bits per heavy atom. The van der Waals surface area contributed by atoms with Crippen LogP contribution >= 0.6 is 11.8 Å². The minimum Gasteiger partial charge on any atom is -0.480 e. The number of nitrogens with one attached hydrogen (secondary N) is 2. The number of urea groups is 1. The number of thioether (sulfide) groups is 1. The maximum absolute atomic E-state index is 12.1. The van der Waals surface area contributed by atoms with Crippen molar-refractivity contribution in [1.82, 2.24) is 10.6 Å². The third kappa shape index (κ3) is 4.05. The molecule has 1 heterocycles. The normalized spacial score (nSPS) is 36.2. The van der Waals surface area contributed by atoms with E-state index in [9.17, 15) is 14.7 Å². The summed E-state index contributed by atoms with van der Waals surface area (Å²) in [5.74, 6) is 0.763. The van der Waals surface area contributed by atoms with Gasteiger partial charge in [0.15, 0.2) is 0 Å². The van der Waals surface area contributed by atoms with Crippen LogP contribution in [0.25, 0.3) is 0 Å². The second kappa shape index (κ2) is 6.46. The Morgan fingerprint density at radius 2 is 1.95 bits per heavy atom. The average Bonchev–Trinajstić information content (AvgIpc) is 2.87. The van der Waals surface area contributed by atoms with Crippen LogP contribution in [0.4, 0.5) is 4.79 Å². The summed E-state index contributed by atoms with van der Waals surface area (Å²) in [6, 6.07) is -0.347. The molecule has 2 rings (SSSR count). The Morgan fingerprint density at radius 1 is 1.29 bits per heavy atom. The van der Waals surface area contributed by atoms with E-state index in [-0.39, 0.29) is 10.8 Å². The van der Waals surface area contributed by atoms with Gasteiger partial charge < -0.3 is 15.7 Å². The first-order valence-corrected chi connectivity index (χ1v) is 8.77. The van der Waals surface area contributed by atoms with E-state index < -0.39 is 11.5 Å². The highest BCUT2D eigenvalue weighted by atomic mass is 32.2. The zero-order chi connectivity index (χ0) is 15.5. The molecular weight excluding hydrogens is 288 g/mol. The van der Waals surface area contributed by atoms with Gasteiger partial charge in [-0.25, -0.2) is 9.59 Å². The molecule has 1 atom stereocenters. The van der Waals surface area contributed by atoms with E-state index >= 15 is 0 Å². The Bertz CT molecular complexity index is 400. The van der Waals surface area contributed by atoms with Crippen LogP contribution in [0.1, 0.15) is 52.4 Å². The van der Waals surface area contributed by atoms with E-state index in [0.29, 0.717) is 25.3 Å². The molecule has 0 aromatic carbocycles. The van der Waals surface area contributed by atoms with Gasteiger partial charge in [-0.1, -0.05) is 6.92 Å². The molecule has 0 spiro atoms. The van der Waals surface area contributed by atoms with E-state index in [1.54, 1.807) is 0 Å². The summed E-state index contributed by atoms with van der Waals surface area (Å²) in [4.78, 5) is 23.7. The number of hydrogen-bond acceptors (Lipinski definition) is 3. The molecule has 2 aliphatic rings. The standard InChI is InChI=1S/C15H26N2O3S/c1-11-4-7-15(8-5-11,12(18)19)17-13(20)16-10-14(2)6-3-9-21-14/h11H,3-10H2,1-2H3,(H,18,19)(H2,16,17,20). The molecule has 1 aliphatic heterocycles.